The van der Waals surface area contributed by atoms with E-state index in [1.54, 1.807) is 13.1 Å². The normalized spacial score (nSPS) is 20.9. The number of sulfonamides is 1. The van der Waals surface area contributed by atoms with E-state index < -0.39 is 10.0 Å². The summed E-state index contributed by atoms with van der Waals surface area (Å²) in [5.74, 6) is 0.426. The maximum Gasteiger partial charge on any atom is 0.252 e. The van der Waals surface area contributed by atoms with E-state index in [1.807, 2.05) is 6.92 Å². The summed E-state index contributed by atoms with van der Waals surface area (Å²) < 4.78 is 27.0. The number of nitrogens with two attached hydrogens (primary N) is 1. The highest BCUT2D eigenvalue weighted by Crippen LogP contribution is 2.28. The van der Waals surface area contributed by atoms with Crippen molar-refractivity contribution in [3.05, 3.63) is 16.5 Å². The lowest BCUT2D eigenvalue weighted by atomic mass is 10.1. The van der Waals surface area contributed by atoms with Crippen molar-refractivity contribution in [2.45, 2.75) is 24.1 Å². The van der Waals surface area contributed by atoms with Crippen LogP contribution in [0.15, 0.2) is 10.3 Å². The Morgan fingerprint density at radius 3 is 2.75 bits per heavy atom. The highest BCUT2D eigenvalue weighted by atomic mass is 32.2. The van der Waals surface area contributed by atoms with Crippen LogP contribution in [0.25, 0.3) is 0 Å². The van der Waals surface area contributed by atoms with Crippen LogP contribution in [0.5, 0.6) is 0 Å². The van der Waals surface area contributed by atoms with Gasteiger partial charge in [0, 0.05) is 31.6 Å². The van der Waals surface area contributed by atoms with E-state index >= 15 is 0 Å². The zero-order valence-electron chi connectivity index (χ0n) is 12.3. The smallest absolute Gasteiger partial charge is 0.252 e. The molecule has 1 aliphatic rings. The molecule has 114 valence electrons. The van der Waals surface area contributed by atoms with E-state index in [0.29, 0.717) is 23.2 Å². The topological polar surface area (TPSA) is 66.6 Å². The van der Waals surface area contributed by atoms with Gasteiger partial charge in [-0.2, -0.15) is 4.31 Å². The minimum Gasteiger partial charge on any atom is -0.326 e. The maximum absolute atomic E-state index is 12.6. The zero-order valence-corrected chi connectivity index (χ0v) is 13.9. The Balaban J connectivity index is 2.12. The van der Waals surface area contributed by atoms with Crippen LogP contribution in [0, 0.1) is 12.8 Å². The predicted molar refractivity (Wildman–Crippen MR) is 82.4 cm³/mol. The molecule has 0 aliphatic carbocycles. The first-order valence-corrected chi connectivity index (χ1v) is 9.04. The molecule has 0 radical (unpaired) electrons. The number of thiophene rings is 1. The van der Waals surface area contributed by atoms with Gasteiger partial charge >= 0.3 is 0 Å². The number of rotatable bonds is 5. The molecule has 1 saturated heterocycles. The van der Waals surface area contributed by atoms with Gasteiger partial charge in [-0.1, -0.05) is 0 Å². The minimum absolute atomic E-state index is 0.392. The fourth-order valence-corrected chi connectivity index (χ4v) is 5.54. The van der Waals surface area contributed by atoms with Crippen LogP contribution in [0.1, 0.15) is 16.9 Å². The van der Waals surface area contributed by atoms with Gasteiger partial charge < -0.3 is 10.6 Å². The molecule has 2 heterocycles. The van der Waals surface area contributed by atoms with Gasteiger partial charge in [0.2, 0.25) is 0 Å². The largest absolute Gasteiger partial charge is 0.326 e. The molecule has 1 unspecified atom stereocenters. The molecule has 0 spiro atoms. The Kier molecular flexibility index (Phi) is 4.86. The highest BCUT2D eigenvalue weighted by molar-refractivity contribution is 7.91. The zero-order chi connectivity index (χ0) is 14.9. The monoisotopic (exact) mass is 317 g/mol. The first-order valence-electron chi connectivity index (χ1n) is 6.79. The van der Waals surface area contributed by atoms with E-state index in [9.17, 15) is 8.42 Å². The molecule has 0 saturated carbocycles. The Hall–Kier alpha value is -0.470. The number of aryl methyl sites for hydroxylation is 1. The molecular weight excluding hydrogens is 294 g/mol. The van der Waals surface area contributed by atoms with Crippen molar-refractivity contribution in [2.75, 3.05) is 33.7 Å². The molecular formula is C13H23N3O2S2. The number of hydrogen-bond acceptors (Lipinski definition) is 5. The molecule has 20 heavy (non-hydrogen) atoms. The second kappa shape index (κ2) is 6.11. The van der Waals surface area contributed by atoms with Gasteiger partial charge in [0.05, 0.1) is 0 Å². The maximum atomic E-state index is 12.6. The fraction of sp³-hybridized carbons (Fsp3) is 0.692. The van der Waals surface area contributed by atoms with Crippen molar-refractivity contribution in [1.29, 1.82) is 0 Å². The minimum atomic E-state index is -3.38. The molecule has 1 fully saturated rings. The van der Waals surface area contributed by atoms with E-state index in [4.69, 9.17) is 5.73 Å². The third-order valence-electron chi connectivity index (χ3n) is 3.85. The molecule has 5 nitrogen and oxygen atoms in total. The van der Waals surface area contributed by atoms with Crippen LogP contribution in [0.2, 0.25) is 0 Å². The molecule has 0 bridgehead atoms. The van der Waals surface area contributed by atoms with Crippen molar-refractivity contribution >= 4 is 21.4 Å². The standard InChI is InChI=1S/C13H23N3O2S2/c1-10-6-13(19-12(10)7-14)20(17,18)16(3)9-11-4-5-15(2)8-11/h6,11H,4-5,7-9,14H2,1-3H3. The summed E-state index contributed by atoms with van der Waals surface area (Å²) >= 11 is 1.29. The van der Waals surface area contributed by atoms with Crippen molar-refractivity contribution in [1.82, 2.24) is 9.21 Å². The molecule has 1 aliphatic heterocycles. The highest BCUT2D eigenvalue weighted by Gasteiger charge is 2.28. The molecule has 0 aromatic carbocycles. The van der Waals surface area contributed by atoms with E-state index in [2.05, 4.69) is 11.9 Å². The average Bonchev–Trinajstić information content (AvgIpc) is 2.95. The summed E-state index contributed by atoms with van der Waals surface area (Å²) in [4.78, 5) is 3.19. The summed E-state index contributed by atoms with van der Waals surface area (Å²) in [6, 6.07) is 1.74. The van der Waals surface area contributed by atoms with Gasteiger partial charge in [0.1, 0.15) is 4.21 Å². The van der Waals surface area contributed by atoms with Crippen LogP contribution in [-0.2, 0) is 16.6 Å². The predicted octanol–water partition coefficient (Wildman–Crippen LogP) is 1.09. The van der Waals surface area contributed by atoms with Crippen molar-refractivity contribution < 1.29 is 8.42 Å². The third kappa shape index (κ3) is 3.23. The quantitative estimate of drug-likeness (QED) is 0.883. The average molecular weight is 317 g/mol. The van der Waals surface area contributed by atoms with Crippen LogP contribution >= 0.6 is 11.3 Å². The molecule has 7 heteroatoms. The SMILES string of the molecule is Cc1cc(S(=O)(=O)N(C)CC2CCN(C)C2)sc1CN. The lowest BCUT2D eigenvalue weighted by Crippen LogP contribution is -2.32. The molecule has 2 rings (SSSR count). The van der Waals surface area contributed by atoms with Gasteiger partial charge in [-0.3, -0.25) is 0 Å². The lowest BCUT2D eigenvalue weighted by molar-refractivity contribution is 0.357. The first-order chi connectivity index (χ1) is 9.34. The number of hydrogen-bond donors (Lipinski definition) is 1. The Morgan fingerprint density at radius 2 is 2.25 bits per heavy atom. The summed E-state index contributed by atoms with van der Waals surface area (Å²) in [5.41, 5.74) is 6.59. The molecule has 0 amide bonds. The van der Waals surface area contributed by atoms with Crippen LogP contribution < -0.4 is 5.73 Å². The Morgan fingerprint density at radius 1 is 1.55 bits per heavy atom. The number of nitrogens with zero attached hydrogens (tertiary/aromatic N) is 2. The second-order valence-electron chi connectivity index (χ2n) is 5.58. The number of likely N-dealkylation sites (tertiary alicyclic amines) is 1. The van der Waals surface area contributed by atoms with Crippen molar-refractivity contribution in [2.24, 2.45) is 11.7 Å². The molecule has 1 atom stereocenters. The van der Waals surface area contributed by atoms with Crippen molar-refractivity contribution in [3.8, 4) is 0 Å². The van der Waals surface area contributed by atoms with E-state index in [0.717, 1.165) is 30.0 Å². The van der Waals surface area contributed by atoms with E-state index in [-0.39, 0.29) is 0 Å². The van der Waals surface area contributed by atoms with Crippen LogP contribution in [0.3, 0.4) is 0 Å². The second-order valence-corrected chi connectivity index (χ2v) is 8.99. The molecule has 1 aromatic heterocycles. The van der Waals surface area contributed by atoms with Gasteiger partial charge in [-0.05, 0) is 44.5 Å². The van der Waals surface area contributed by atoms with Gasteiger partial charge in [-0.15, -0.1) is 11.3 Å². The molecule has 1 aromatic rings. The van der Waals surface area contributed by atoms with Gasteiger partial charge in [0.25, 0.3) is 10.0 Å². The lowest BCUT2D eigenvalue weighted by Gasteiger charge is -2.20. The van der Waals surface area contributed by atoms with E-state index in [1.165, 1.54) is 15.6 Å². The Bertz CT molecular complexity index is 568. The van der Waals surface area contributed by atoms with Crippen LogP contribution in [-0.4, -0.2) is 51.4 Å². The summed E-state index contributed by atoms with van der Waals surface area (Å²) in [5, 5.41) is 0. The summed E-state index contributed by atoms with van der Waals surface area (Å²) in [6.07, 6.45) is 1.06. The Labute approximate surface area is 125 Å². The molecule has 2 N–H and O–H groups in total. The summed E-state index contributed by atoms with van der Waals surface area (Å²) in [7, 11) is 0.368. The van der Waals surface area contributed by atoms with Gasteiger partial charge in [-0.25, -0.2) is 8.42 Å². The van der Waals surface area contributed by atoms with Crippen LogP contribution in [0.4, 0.5) is 0 Å². The fourth-order valence-electron chi connectivity index (χ4n) is 2.61. The third-order valence-corrected chi connectivity index (χ3v) is 7.38. The summed E-state index contributed by atoms with van der Waals surface area (Å²) in [6.45, 7) is 4.90. The van der Waals surface area contributed by atoms with Gasteiger partial charge in [0.15, 0.2) is 0 Å². The van der Waals surface area contributed by atoms with Crippen molar-refractivity contribution in [3.63, 3.8) is 0 Å². The first kappa shape index (κ1) is 15.9.